The Bertz CT molecular complexity index is 263. The molecule has 2 nitrogen and oxygen atoms in total. The van der Waals surface area contributed by atoms with Crippen molar-refractivity contribution < 1.29 is 4.74 Å². The molecule has 0 spiro atoms. The average Bonchev–Trinajstić information content (AvgIpc) is 2.05. The molecular weight excluding hydrogens is 174 g/mol. The monoisotopic (exact) mass is 185 g/mol. The van der Waals surface area contributed by atoms with Crippen LogP contribution < -0.4 is 10.1 Å². The van der Waals surface area contributed by atoms with E-state index in [-0.39, 0.29) is 0 Å². The summed E-state index contributed by atoms with van der Waals surface area (Å²) in [6.07, 6.45) is 0. The molecule has 0 saturated heterocycles. The SMILES string of the molecule is CCOc1cc(Cl)ccc1NC. The molecule has 0 unspecified atom stereocenters. The van der Waals surface area contributed by atoms with Gasteiger partial charge in [-0.25, -0.2) is 0 Å². The van der Waals surface area contributed by atoms with Crippen molar-refractivity contribution in [3.8, 4) is 5.75 Å². The minimum atomic E-state index is 0.648. The first-order valence-corrected chi connectivity index (χ1v) is 4.25. The lowest BCUT2D eigenvalue weighted by Crippen LogP contribution is -1.96. The molecule has 1 aromatic carbocycles. The van der Waals surface area contributed by atoms with Gasteiger partial charge in [0.25, 0.3) is 0 Å². The van der Waals surface area contributed by atoms with E-state index in [1.165, 1.54) is 0 Å². The Hall–Kier alpha value is -0.890. The molecule has 0 aliphatic rings. The number of hydrogen-bond donors (Lipinski definition) is 1. The van der Waals surface area contributed by atoms with E-state index in [1.54, 1.807) is 6.07 Å². The molecule has 0 heterocycles. The molecule has 12 heavy (non-hydrogen) atoms. The molecule has 1 aromatic rings. The number of nitrogens with one attached hydrogen (secondary N) is 1. The van der Waals surface area contributed by atoms with Crippen LogP contribution in [0.2, 0.25) is 5.02 Å². The van der Waals surface area contributed by atoms with Crippen LogP contribution in [0.1, 0.15) is 6.92 Å². The second kappa shape index (κ2) is 4.21. The van der Waals surface area contributed by atoms with Crippen LogP contribution in [0.25, 0.3) is 0 Å². The smallest absolute Gasteiger partial charge is 0.143 e. The van der Waals surface area contributed by atoms with Crippen LogP contribution in [-0.4, -0.2) is 13.7 Å². The van der Waals surface area contributed by atoms with Gasteiger partial charge in [-0.05, 0) is 19.1 Å². The quantitative estimate of drug-likeness (QED) is 0.782. The first kappa shape index (κ1) is 9.20. The molecule has 1 rings (SSSR count). The van der Waals surface area contributed by atoms with Crippen molar-refractivity contribution in [2.45, 2.75) is 6.92 Å². The zero-order chi connectivity index (χ0) is 8.97. The van der Waals surface area contributed by atoms with Crippen molar-refractivity contribution in [3.05, 3.63) is 23.2 Å². The number of anilines is 1. The van der Waals surface area contributed by atoms with Crippen LogP contribution in [0.3, 0.4) is 0 Å². The highest BCUT2D eigenvalue weighted by Crippen LogP contribution is 2.27. The number of rotatable bonds is 3. The van der Waals surface area contributed by atoms with Crippen LogP contribution in [0.5, 0.6) is 5.75 Å². The molecule has 0 amide bonds. The summed E-state index contributed by atoms with van der Waals surface area (Å²) >= 11 is 5.80. The molecule has 0 atom stereocenters. The molecular formula is C9H12ClNO. The Kier molecular flexibility index (Phi) is 3.23. The van der Waals surface area contributed by atoms with Gasteiger partial charge >= 0.3 is 0 Å². The largest absolute Gasteiger partial charge is 0.492 e. The minimum absolute atomic E-state index is 0.648. The standard InChI is InChI=1S/C9H12ClNO/c1-3-12-9-6-7(10)4-5-8(9)11-2/h4-6,11H,3H2,1-2H3. The number of benzene rings is 1. The van der Waals surface area contributed by atoms with Gasteiger partial charge in [-0.3, -0.25) is 0 Å². The van der Waals surface area contributed by atoms with E-state index in [9.17, 15) is 0 Å². The van der Waals surface area contributed by atoms with Crippen molar-refractivity contribution in [1.29, 1.82) is 0 Å². The van der Waals surface area contributed by atoms with Crippen molar-refractivity contribution >= 4 is 17.3 Å². The predicted octanol–water partition coefficient (Wildman–Crippen LogP) is 2.78. The normalized spacial score (nSPS) is 9.58. The fourth-order valence-electron chi connectivity index (χ4n) is 0.978. The lowest BCUT2D eigenvalue weighted by molar-refractivity contribution is 0.342. The first-order chi connectivity index (χ1) is 5.77. The molecule has 0 fully saturated rings. The van der Waals surface area contributed by atoms with Crippen LogP contribution in [0, 0.1) is 0 Å². The molecule has 1 N–H and O–H groups in total. The van der Waals surface area contributed by atoms with Crippen molar-refractivity contribution in [2.75, 3.05) is 19.0 Å². The van der Waals surface area contributed by atoms with E-state index in [4.69, 9.17) is 16.3 Å². The van der Waals surface area contributed by atoms with Crippen molar-refractivity contribution in [1.82, 2.24) is 0 Å². The fraction of sp³-hybridized carbons (Fsp3) is 0.333. The van der Waals surface area contributed by atoms with Gasteiger partial charge in [-0.1, -0.05) is 11.6 Å². The first-order valence-electron chi connectivity index (χ1n) is 3.88. The number of hydrogen-bond acceptors (Lipinski definition) is 2. The zero-order valence-corrected chi connectivity index (χ0v) is 7.98. The highest BCUT2D eigenvalue weighted by molar-refractivity contribution is 6.30. The van der Waals surface area contributed by atoms with Crippen molar-refractivity contribution in [3.63, 3.8) is 0 Å². The third-order valence-electron chi connectivity index (χ3n) is 1.51. The van der Waals surface area contributed by atoms with E-state index in [0.29, 0.717) is 11.6 Å². The van der Waals surface area contributed by atoms with Crippen LogP contribution >= 0.6 is 11.6 Å². The maximum atomic E-state index is 5.80. The van der Waals surface area contributed by atoms with Gasteiger partial charge in [0, 0.05) is 18.1 Å². The molecule has 0 aliphatic heterocycles. The maximum Gasteiger partial charge on any atom is 0.143 e. The average molecular weight is 186 g/mol. The summed E-state index contributed by atoms with van der Waals surface area (Å²) in [6.45, 7) is 2.59. The van der Waals surface area contributed by atoms with Gasteiger partial charge in [-0.15, -0.1) is 0 Å². The summed E-state index contributed by atoms with van der Waals surface area (Å²) in [7, 11) is 1.85. The molecule has 66 valence electrons. The molecule has 0 aliphatic carbocycles. The Balaban J connectivity index is 2.95. The summed E-state index contributed by atoms with van der Waals surface area (Å²) in [4.78, 5) is 0. The third kappa shape index (κ3) is 2.05. The van der Waals surface area contributed by atoms with E-state index < -0.39 is 0 Å². The number of halogens is 1. The Morgan fingerprint density at radius 3 is 2.83 bits per heavy atom. The Labute approximate surface area is 77.5 Å². The third-order valence-corrected chi connectivity index (χ3v) is 1.75. The predicted molar refractivity (Wildman–Crippen MR) is 52.2 cm³/mol. The van der Waals surface area contributed by atoms with Gasteiger partial charge in [-0.2, -0.15) is 0 Å². The van der Waals surface area contributed by atoms with Crippen molar-refractivity contribution in [2.24, 2.45) is 0 Å². The second-order valence-corrected chi connectivity index (χ2v) is 2.76. The van der Waals surface area contributed by atoms with Gasteiger partial charge in [0.2, 0.25) is 0 Å². The van der Waals surface area contributed by atoms with Gasteiger partial charge in [0.15, 0.2) is 0 Å². The van der Waals surface area contributed by atoms with E-state index >= 15 is 0 Å². The minimum Gasteiger partial charge on any atom is -0.492 e. The summed E-state index contributed by atoms with van der Waals surface area (Å²) < 4.78 is 5.36. The number of ether oxygens (including phenoxy) is 1. The highest BCUT2D eigenvalue weighted by Gasteiger charge is 2.00. The van der Waals surface area contributed by atoms with Crippen LogP contribution in [-0.2, 0) is 0 Å². The zero-order valence-electron chi connectivity index (χ0n) is 7.23. The maximum absolute atomic E-state index is 5.80. The summed E-state index contributed by atoms with van der Waals surface area (Å²) in [5.74, 6) is 0.799. The van der Waals surface area contributed by atoms with E-state index in [2.05, 4.69) is 5.32 Å². The highest BCUT2D eigenvalue weighted by atomic mass is 35.5. The summed E-state index contributed by atoms with van der Waals surface area (Å²) in [6, 6.07) is 5.53. The van der Waals surface area contributed by atoms with Crippen LogP contribution in [0.4, 0.5) is 5.69 Å². The molecule has 0 aromatic heterocycles. The molecule has 3 heteroatoms. The van der Waals surface area contributed by atoms with Gasteiger partial charge in [0.1, 0.15) is 5.75 Å². The topological polar surface area (TPSA) is 21.3 Å². The Morgan fingerprint density at radius 1 is 1.50 bits per heavy atom. The molecule has 0 saturated carbocycles. The summed E-state index contributed by atoms with van der Waals surface area (Å²) in [5, 5.41) is 3.72. The molecule has 0 bridgehead atoms. The lowest BCUT2D eigenvalue weighted by Gasteiger charge is -2.09. The second-order valence-electron chi connectivity index (χ2n) is 2.32. The Morgan fingerprint density at radius 2 is 2.25 bits per heavy atom. The van der Waals surface area contributed by atoms with Crippen LogP contribution in [0.15, 0.2) is 18.2 Å². The van der Waals surface area contributed by atoms with Gasteiger partial charge in [0.05, 0.1) is 12.3 Å². The van der Waals surface area contributed by atoms with E-state index in [0.717, 1.165) is 11.4 Å². The lowest BCUT2D eigenvalue weighted by atomic mass is 10.3. The summed E-state index contributed by atoms with van der Waals surface area (Å²) in [5.41, 5.74) is 0.959. The van der Waals surface area contributed by atoms with E-state index in [1.807, 2.05) is 26.1 Å². The fourth-order valence-corrected chi connectivity index (χ4v) is 1.14. The molecule has 0 radical (unpaired) electrons. The van der Waals surface area contributed by atoms with Gasteiger partial charge < -0.3 is 10.1 Å².